The highest BCUT2D eigenvalue weighted by Crippen LogP contribution is 2.45. The first-order valence-corrected chi connectivity index (χ1v) is 9.12. The first-order chi connectivity index (χ1) is 18.2. The first-order valence-electron chi connectivity index (χ1n) is 14.1. The molecule has 0 amide bonds. The third-order valence-electron chi connectivity index (χ3n) is 5.10. The lowest BCUT2D eigenvalue weighted by molar-refractivity contribution is 1.26. The van der Waals surface area contributed by atoms with Gasteiger partial charge in [-0.3, -0.25) is 0 Å². The van der Waals surface area contributed by atoms with Crippen LogP contribution in [0.2, 0.25) is 0 Å². The SMILES string of the molecule is [2H]c1c([2H])c([2H])c(-c2c(C)c(C)c(C)c(-c3c([2H])c([2H])c([2H])c([2H])c3[2H])c2Nc2ccccc2N)c([2H])c1[2H]. The number of hydrogen-bond donors (Lipinski definition) is 2. The summed E-state index contributed by atoms with van der Waals surface area (Å²) in [6, 6.07) is 1.97. The molecular weight excluding hydrogens is 352 g/mol. The van der Waals surface area contributed by atoms with Crippen molar-refractivity contribution in [3.05, 3.63) is 101 Å². The molecule has 0 saturated heterocycles. The Hall–Kier alpha value is -3.52. The minimum Gasteiger partial charge on any atom is -0.397 e. The molecule has 2 nitrogen and oxygen atoms in total. The maximum Gasteiger partial charge on any atom is 0.0629 e. The maximum absolute atomic E-state index is 8.68. The molecule has 3 N–H and O–H groups in total. The Morgan fingerprint density at radius 3 is 1.66 bits per heavy atom. The minimum absolute atomic E-state index is 0.0766. The Morgan fingerprint density at radius 1 is 0.690 bits per heavy atom. The molecule has 144 valence electrons. The van der Waals surface area contributed by atoms with E-state index in [4.69, 9.17) is 19.4 Å². The van der Waals surface area contributed by atoms with Crippen molar-refractivity contribution in [3.8, 4) is 22.3 Å². The lowest BCUT2D eigenvalue weighted by atomic mass is 9.85. The van der Waals surface area contributed by atoms with E-state index in [9.17, 15) is 0 Å². The van der Waals surface area contributed by atoms with Gasteiger partial charge in [-0.25, -0.2) is 0 Å². The number of nitrogens with one attached hydrogen (secondary N) is 1. The second-order valence-corrected chi connectivity index (χ2v) is 6.71. The van der Waals surface area contributed by atoms with Gasteiger partial charge in [0.15, 0.2) is 0 Å². The third-order valence-corrected chi connectivity index (χ3v) is 5.10. The van der Waals surface area contributed by atoms with Crippen molar-refractivity contribution in [2.75, 3.05) is 11.1 Å². The Labute approximate surface area is 187 Å². The molecular formula is C27H26N2. The summed E-state index contributed by atoms with van der Waals surface area (Å²) < 4.78 is 83.9. The van der Waals surface area contributed by atoms with Crippen molar-refractivity contribution in [1.29, 1.82) is 0 Å². The molecule has 0 aliphatic heterocycles. The molecule has 0 atom stereocenters. The van der Waals surface area contributed by atoms with Crippen LogP contribution in [0.3, 0.4) is 0 Å². The van der Waals surface area contributed by atoms with Crippen LogP contribution in [0.5, 0.6) is 0 Å². The van der Waals surface area contributed by atoms with Gasteiger partial charge in [0.05, 0.1) is 30.8 Å². The molecule has 0 heterocycles. The van der Waals surface area contributed by atoms with Crippen molar-refractivity contribution < 1.29 is 13.7 Å². The van der Waals surface area contributed by atoms with E-state index in [1.807, 2.05) is 0 Å². The summed E-state index contributed by atoms with van der Waals surface area (Å²) in [4.78, 5) is 0. The van der Waals surface area contributed by atoms with E-state index in [0.717, 1.165) is 0 Å². The summed E-state index contributed by atoms with van der Waals surface area (Å²) in [5, 5.41) is 3.23. The van der Waals surface area contributed by atoms with E-state index in [1.54, 1.807) is 45.0 Å². The monoisotopic (exact) mass is 388 g/mol. The molecule has 0 unspecified atom stereocenters. The summed E-state index contributed by atoms with van der Waals surface area (Å²) >= 11 is 0. The lowest BCUT2D eigenvalue weighted by Crippen LogP contribution is -2.05. The van der Waals surface area contributed by atoms with E-state index < -0.39 is 60.4 Å². The molecule has 4 aromatic carbocycles. The molecule has 0 fully saturated rings. The maximum atomic E-state index is 8.68. The van der Waals surface area contributed by atoms with Gasteiger partial charge in [0.25, 0.3) is 0 Å². The van der Waals surface area contributed by atoms with Crippen LogP contribution in [0, 0.1) is 20.8 Å². The van der Waals surface area contributed by atoms with Crippen molar-refractivity contribution in [3.63, 3.8) is 0 Å². The van der Waals surface area contributed by atoms with Crippen LogP contribution >= 0.6 is 0 Å². The van der Waals surface area contributed by atoms with Gasteiger partial charge in [0.2, 0.25) is 0 Å². The molecule has 0 aliphatic carbocycles. The third kappa shape index (κ3) is 3.50. The van der Waals surface area contributed by atoms with Gasteiger partial charge in [-0.05, 0) is 60.7 Å². The zero-order valence-electron chi connectivity index (χ0n) is 26.4. The van der Waals surface area contributed by atoms with E-state index >= 15 is 0 Å². The molecule has 0 saturated carbocycles. The average Bonchev–Trinajstić information content (AvgIpc) is 2.91. The molecule has 2 heteroatoms. The van der Waals surface area contributed by atoms with Crippen LogP contribution in [-0.2, 0) is 0 Å². The van der Waals surface area contributed by atoms with Gasteiger partial charge in [0.1, 0.15) is 0 Å². The van der Waals surface area contributed by atoms with Crippen LogP contribution in [0.15, 0.2) is 84.7 Å². The fraction of sp³-hybridized carbons (Fsp3) is 0.111. The standard InChI is InChI=1S/C27H26N2/c1-18-19(2)25(21-12-6-4-7-13-21)27(29-24-17-11-10-16-23(24)28)26(20(18)3)22-14-8-5-9-15-22/h4-17,29H,28H2,1-3H3/i4D,5D,6D,7D,8D,9D,12D,13D,14D,15D. The average molecular weight is 389 g/mol. The van der Waals surface area contributed by atoms with E-state index in [-0.39, 0.29) is 27.9 Å². The summed E-state index contributed by atoms with van der Waals surface area (Å²) in [5.74, 6) is 0. The van der Waals surface area contributed by atoms with E-state index in [1.165, 1.54) is 0 Å². The quantitative estimate of drug-likeness (QED) is 0.361. The van der Waals surface area contributed by atoms with Gasteiger partial charge in [-0.2, -0.15) is 0 Å². The van der Waals surface area contributed by atoms with Crippen LogP contribution in [0.4, 0.5) is 17.1 Å². The van der Waals surface area contributed by atoms with Crippen molar-refractivity contribution in [2.24, 2.45) is 0 Å². The van der Waals surface area contributed by atoms with Crippen LogP contribution < -0.4 is 11.1 Å². The zero-order valence-corrected chi connectivity index (χ0v) is 16.4. The molecule has 0 radical (unpaired) electrons. The number of nitrogens with two attached hydrogens (primary N) is 1. The van der Waals surface area contributed by atoms with Crippen molar-refractivity contribution >= 4 is 17.1 Å². The van der Waals surface area contributed by atoms with Crippen LogP contribution in [0.25, 0.3) is 22.3 Å². The Kier molecular flexibility index (Phi) is 2.79. The molecule has 4 rings (SSSR count). The topological polar surface area (TPSA) is 38.0 Å². The fourth-order valence-electron chi connectivity index (χ4n) is 3.40. The van der Waals surface area contributed by atoms with Gasteiger partial charge >= 0.3 is 0 Å². The normalized spacial score (nSPS) is 15.6. The summed E-state index contributed by atoms with van der Waals surface area (Å²) in [6.45, 7) is 5.29. The molecule has 0 spiro atoms. The van der Waals surface area contributed by atoms with Crippen LogP contribution in [-0.4, -0.2) is 0 Å². The molecule has 0 aromatic heterocycles. The predicted octanol–water partition coefficient (Wildman–Crippen LogP) is 7.27. The molecule has 29 heavy (non-hydrogen) atoms. The van der Waals surface area contributed by atoms with E-state index in [0.29, 0.717) is 28.1 Å². The number of nitrogen functional groups attached to an aromatic ring is 1. The van der Waals surface area contributed by atoms with Gasteiger partial charge in [-0.1, -0.05) is 72.6 Å². The highest BCUT2D eigenvalue weighted by Gasteiger charge is 2.20. The largest absolute Gasteiger partial charge is 0.397 e. The highest BCUT2D eigenvalue weighted by atomic mass is 14.9. The highest BCUT2D eigenvalue weighted by molar-refractivity contribution is 5.97. The first kappa shape index (κ1) is 10.3. The van der Waals surface area contributed by atoms with Crippen molar-refractivity contribution in [2.45, 2.75) is 20.8 Å². The summed E-state index contributed by atoms with van der Waals surface area (Å²) in [5.41, 5.74) is 9.44. The predicted molar refractivity (Wildman–Crippen MR) is 126 cm³/mol. The number of para-hydroxylation sites is 2. The Bertz CT molecular complexity index is 1530. The zero-order chi connectivity index (χ0) is 29.1. The fourth-order valence-corrected chi connectivity index (χ4v) is 3.40. The lowest BCUT2D eigenvalue weighted by Gasteiger charge is -2.25. The number of hydrogen-bond acceptors (Lipinski definition) is 2. The van der Waals surface area contributed by atoms with Crippen molar-refractivity contribution in [1.82, 2.24) is 0 Å². The van der Waals surface area contributed by atoms with Gasteiger partial charge in [-0.15, -0.1) is 0 Å². The second kappa shape index (κ2) is 7.84. The van der Waals surface area contributed by atoms with Gasteiger partial charge < -0.3 is 11.1 Å². The minimum atomic E-state index is -0.539. The second-order valence-electron chi connectivity index (χ2n) is 6.71. The Balaban J connectivity index is 2.30. The summed E-state index contributed by atoms with van der Waals surface area (Å²) in [7, 11) is 0. The number of anilines is 3. The summed E-state index contributed by atoms with van der Waals surface area (Å²) in [6.07, 6.45) is 0. The smallest absolute Gasteiger partial charge is 0.0629 e. The van der Waals surface area contributed by atoms with Crippen LogP contribution in [0.1, 0.15) is 30.4 Å². The molecule has 0 bridgehead atoms. The number of benzene rings is 4. The molecule has 0 aliphatic rings. The van der Waals surface area contributed by atoms with Gasteiger partial charge in [0, 0.05) is 11.1 Å². The number of rotatable bonds is 4. The molecule has 4 aromatic rings. The Morgan fingerprint density at radius 2 is 1.17 bits per heavy atom. The van der Waals surface area contributed by atoms with E-state index in [2.05, 4.69) is 5.32 Å².